The number of nitrogens with zero attached hydrogens (tertiary/aromatic N) is 1. The van der Waals surface area contributed by atoms with Crippen molar-refractivity contribution in [1.82, 2.24) is 0 Å². The van der Waals surface area contributed by atoms with E-state index in [1.165, 1.54) is 6.07 Å². The van der Waals surface area contributed by atoms with E-state index in [0.29, 0.717) is 24.5 Å². The highest BCUT2D eigenvalue weighted by atomic mass is 16.6. The molecule has 1 aromatic carbocycles. The first-order valence-electron chi connectivity index (χ1n) is 6.23. The number of aromatic carboxylic acids is 1. The molecule has 0 saturated carbocycles. The van der Waals surface area contributed by atoms with E-state index in [2.05, 4.69) is 5.32 Å². The predicted molar refractivity (Wildman–Crippen MR) is 74.4 cm³/mol. The highest BCUT2D eigenvalue weighted by Gasteiger charge is 2.19. The lowest BCUT2D eigenvalue weighted by Crippen LogP contribution is -2.22. The molecule has 1 aromatic rings. The van der Waals surface area contributed by atoms with Crippen molar-refractivity contribution in [3.05, 3.63) is 33.4 Å². The van der Waals surface area contributed by atoms with Crippen LogP contribution in [0.25, 0.3) is 0 Å². The van der Waals surface area contributed by atoms with Crippen LogP contribution < -0.4 is 5.32 Å². The van der Waals surface area contributed by atoms with E-state index >= 15 is 0 Å². The number of carboxylic acids is 1. The third-order valence-corrected chi connectivity index (χ3v) is 2.80. The molecular weight excluding hydrogens is 264 g/mol. The van der Waals surface area contributed by atoms with Gasteiger partial charge in [-0.25, -0.2) is 4.79 Å². The molecule has 0 aliphatic heterocycles. The van der Waals surface area contributed by atoms with Crippen molar-refractivity contribution in [1.29, 1.82) is 0 Å². The molecule has 0 spiro atoms. The minimum atomic E-state index is -1.20. The molecule has 0 aromatic heterocycles. The van der Waals surface area contributed by atoms with Gasteiger partial charge in [-0.2, -0.15) is 0 Å². The molecule has 0 radical (unpaired) electrons. The summed E-state index contributed by atoms with van der Waals surface area (Å²) in [7, 11) is 0. The molecule has 2 N–H and O–H groups in total. The highest BCUT2D eigenvalue weighted by Crippen LogP contribution is 2.28. The molecule has 0 aliphatic rings. The van der Waals surface area contributed by atoms with Gasteiger partial charge in [-0.1, -0.05) is 0 Å². The lowest BCUT2D eigenvalue weighted by molar-refractivity contribution is -0.385. The molecule has 20 heavy (non-hydrogen) atoms. The van der Waals surface area contributed by atoms with Crippen molar-refractivity contribution in [3.8, 4) is 0 Å². The SMILES string of the molecule is CCOCC(C)Nc1cc(C(=O)O)cc([N+](=O)[O-])c1C. The molecule has 7 nitrogen and oxygen atoms in total. The van der Waals surface area contributed by atoms with E-state index in [4.69, 9.17) is 9.84 Å². The summed E-state index contributed by atoms with van der Waals surface area (Å²) < 4.78 is 5.25. The summed E-state index contributed by atoms with van der Waals surface area (Å²) >= 11 is 0. The average Bonchev–Trinajstić information content (AvgIpc) is 2.38. The summed E-state index contributed by atoms with van der Waals surface area (Å²) in [5.74, 6) is -1.20. The van der Waals surface area contributed by atoms with Gasteiger partial charge in [0.15, 0.2) is 0 Å². The molecule has 1 rings (SSSR count). The first kappa shape index (κ1) is 15.9. The third-order valence-electron chi connectivity index (χ3n) is 2.80. The van der Waals surface area contributed by atoms with E-state index in [-0.39, 0.29) is 17.3 Å². The number of hydrogen-bond acceptors (Lipinski definition) is 5. The first-order chi connectivity index (χ1) is 9.36. The Morgan fingerprint density at radius 2 is 2.20 bits per heavy atom. The van der Waals surface area contributed by atoms with Crippen molar-refractivity contribution in [3.63, 3.8) is 0 Å². The second-order valence-corrected chi connectivity index (χ2v) is 4.44. The number of hydrogen-bond donors (Lipinski definition) is 2. The van der Waals surface area contributed by atoms with Crippen molar-refractivity contribution < 1.29 is 19.6 Å². The van der Waals surface area contributed by atoms with Gasteiger partial charge in [0.05, 0.1) is 17.1 Å². The van der Waals surface area contributed by atoms with Crippen molar-refractivity contribution in [2.45, 2.75) is 26.8 Å². The number of carbonyl (C=O) groups is 1. The average molecular weight is 282 g/mol. The topological polar surface area (TPSA) is 102 Å². The Hall–Kier alpha value is -2.15. The number of rotatable bonds is 7. The van der Waals surface area contributed by atoms with Gasteiger partial charge in [0, 0.05) is 30.0 Å². The minimum Gasteiger partial charge on any atom is -0.478 e. The summed E-state index contributed by atoms with van der Waals surface area (Å²) in [4.78, 5) is 21.4. The molecule has 0 aliphatic carbocycles. The van der Waals surface area contributed by atoms with Crippen LogP contribution in [0.4, 0.5) is 11.4 Å². The standard InChI is InChI=1S/C13H18N2O5/c1-4-20-7-8(2)14-11-5-10(13(16)17)6-12(9(11)3)15(18)19/h5-6,8,14H,4,7H2,1-3H3,(H,16,17). The van der Waals surface area contributed by atoms with Crippen LogP contribution in [-0.2, 0) is 4.74 Å². The minimum absolute atomic E-state index is 0.0858. The van der Waals surface area contributed by atoms with Crippen molar-refractivity contribution >= 4 is 17.3 Å². The van der Waals surface area contributed by atoms with Crippen LogP contribution in [0.15, 0.2) is 12.1 Å². The Morgan fingerprint density at radius 3 is 2.70 bits per heavy atom. The fraction of sp³-hybridized carbons (Fsp3) is 0.462. The third kappa shape index (κ3) is 3.92. The van der Waals surface area contributed by atoms with Crippen LogP contribution in [0.2, 0.25) is 0 Å². The van der Waals surface area contributed by atoms with E-state index < -0.39 is 10.9 Å². The van der Waals surface area contributed by atoms with Gasteiger partial charge in [-0.15, -0.1) is 0 Å². The van der Waals surface area contributed by atoms with E-state index in [9.17, 15) is 14.9 Å². The molecule has 1 atom stereocenters. The number of ether oxygens (including phenoxy) is 1. The lowest BCUT2D eigenvalue weighted by atomic mass is 10.1. The second kappa shape index (κ2) is 6.85. The quantitative estimate of drug-likeness (QED) is 0.588. The van der Waals surface area contributed by atoms with Crippen LogP contribution in [0, 0.1) is 17.0 Å². The highest BCUT2D eigenvalue weighted by molar-refractivity contribution is 5.90. The number of carboxylic acid groups (broad SMARTS) is 1. The number of anilines is 1. The van der Waals surface area contributed by atoms with Crippen molar-refractivity contribution in [2.75, 3.05) is 18.5 Å². The van der Waals surface area contributed by atoms with Crippen LogP contribution in [0.3, 0.4) is 0 Å². The lowest BCUT2D eigenvalue weighted by Gasteiger charge is -2.17. The van der Waals surface area contributed by atoms with Crippen molar-refractivity contribution in [2.24, 2.45) is 0 Å². The Labute approximate surface area is 116 Å². The number of benzene rings is 1. The van der Waals surface area contributed by atoms with Crippen LogP contribution in [-0.4, -0.2) is 35.3 Å². The molecule has 1 unspecified atom stereocenters. The zero-order chi connectivity index (χ0) is 15.3. The van der Waals surface area contributed by atoms with Crippen LogP contribution >= 0.6 is 0 Å². The Kier molecular flexibility index (Phi) is 5.45. The van der Waals surface area contributed by atoms with Crippen LogP contribution in [0.1, 0.15) is 29.8 Å². The molecule has 0 heterocycles. The van der Waals surface area contributed by atoms with E-state index in [1.807, 2.05) is 13.8 Å². The Balaban J connectivity index is 3.10. The maximum atomic E-state index is 11.0. The summed E-state index contributed by atoms with van der Waals surface area (Å²) in [6.45, 7) is 6.31. The van der Waals surface area contributed by atoms with Gasteiger partial charge in [0.1, 0.15) is 0 Å². The van der Waals surface area contributed by atoms with Gasteiger partial charge in [-0.05, 0) is 26.8 Å². The Bertz CT molecular complexity index is 516. The van der Waals surface area contributed by atoms with Crippen LogP contribution in [0.5, 0.6) is 0 Å². The van der Waals surface area contributed by atoms with E-state index in [0.717, 1.165) is 6.07 Å². The fourth-order valence-corrected chi connectivity index (χ4v) is 1.76. The maximum Gasteiger partial charge on any atom is 0.336 e. The fourth-order valence-electron chi connectivity index (χ4n) is 1.76. The predicted octanol–water partition coefficient (Wildman–Crippen LogP) is 2.44. The summed E-state index contributed by atoms with van der Waals surface area (Å²) in [6, 6.07) is 2.38. The molecule has 110 valence electrons. The van der Waals surface area contributed by atoms with Gasteiger partial charge in [0.2, 0.25) is 0 Å². The Morgan fingerprint density at radius 1 is 1.55 bits per heavy atom. The van der Waals surface area contributed by atoms with Gasteiger partial charge < -0.3 is 15.2 Å². The molecule has 0 bridgehead atoms. The maximum absolute atomic E-state index is 11.0. The summed E-state index contributed by atoms with van der Waals surface area (Å²) in [5.41, 5.74) is 0.511. The van der Waals surface area contributed by atoms with Gasteiger partial charge in [-0.3, -0.25) is 10.1 Å². The summed E-state index contributed by atoms with van der Waals surface area (Å²) in [5, 5.41) is 23.0. The molecule has 0 saturated heterocycles. The molecule has 0 amide bonds. The van der Waals surface area contributed by atoms with Gasteiger partial charge in [0.25, 0.3) is 5.69 Å². The zero-order valence-electron chi connectivity index (χ0n) is 11.7. The first-order valence-corrected chi connectivity index (χ1v) is 6.23. The largest absolute Gasteiger partial charge is 0.478 e. The molecule has 7 heteroatoms. The van der Waals surface area contributed by atoms with Gasteiger partial charge >= 0.3 is 5.97 Å². The van der Waals surface area contributed by atoms with E-state index in [1.54, 1.807) is 6.92 Å². The zero-order valence-corrected chi connectivity index (χ0v) is 11.7. The summed E-state index contributed by atoms with van der Waals surface area (Å²) in [6.07, 6.45) is 0. The number of nitro groups is 1. The molecular formula is C13H18N2O5. The monoisotopic (exact) mass is 282 g/mol. The number of nitro benzene ring substituents is 1. The molecule has 0 fully saturated rings. The smallest absolute Gasteiger partial charge is 0.336 e. The normalized spacial score (nSPS) is 11.9. The number of nitrogens with one attached hydrogen (secondary N) is 1. The second-order valence-electron chi connectivity index (χ2n) is 4.44.